The van der Waals surface area contributed by atoms with E-state index in [0.717, 1.165) is 12.8 Å². The summed E-state index contributed by atoms with van der Waals surface area (Å²) >= 11 is 4.83. The lowest BCUT2D eigenvalue weighted by molar-refractivity contribution is -0.121. The second-order valence-electron chi connectivity index (χ2n) is 4.28. The first-order valence-corrected chi connectivity index (χ1v) is 6.17. The standard InChI is InChI=1S/C11H15N5OS/c1-6(10(17)15-7-2-3-7)14-11-13-5-4-8(16-11)9(12)18/h4-7H,2-3H2,1H3,(H2,12,18)(H,15,17)(H,13,14,16). The average Bonchev–Trinajstić information content (AvgIpc) is 3.13. The minimum Gasteiger partial charge on any atom is -0.388 e. The largest absolute Gasteiger partial charge is 0.388 e. The summed E-state index contributed by atoms with van der Waals surface area (Å²) in [5.41, 5.74) is 5.97. The molecule has 96 valence electrons. The second kappa shape index (κ2) is 5.26. The van der Waals surface area contributed by atoms with E-state index in [9.17, 15) is 4.79 Å². The van der Waals surface area contributed by atoms with Gasteiger partial charge in [0, 0.05) is 12.2 Å². The van der Waals surface area contributed by atoms with E-state index in [2.05, 4.69) is 20.6 Å². The van der Waals surface area contributed by atoms with Crippen LogP contribution in [-0.4, -0.2) is 32.9 Å². The molecule has 1 aliphatic rings. The fourth-order valence-electron chi connectivity index (χ4n) is 1.38. The van der Waals surface area contributed by atoms with Gasteiger partial charge in [0.15, 0.2) is 0 Å². The second-order valence-corrected chi connectivity index (χ2v) is 4.72. The highest BCUT2D eigenvalue weighted by atomic mass is 32.1. The predicted octanol–water partition coefficient (Wildman–Crippen LogP) is 0.190. The van der Waals surface area contributed by atoms with Crippen LogP contribution in [0.5, 0.6) is 0 Å². The molecule has 1 atom stereocenters. The van der Waals surface area contributed by atoms with Crippen molar-refractivity contribution < 1.29 is 4.79 Å². The summed E-state index contributed by atoms with van der Waals surface area (Å²) in [4.78, 5) is 20.1. The summed E-state index contributed by atoms with van der Waals surface area (Å²) in [6.45, 7) is 1.76. The maximum absolute atomic E-state index is 11.7. The Hall–Kier alpha value is -1.76. The van der Waals surface area contributed by atoms with Gasteiger partial charge >= 0.3 is 0 Å². The first kappa shape index (κ1) is 12.7. The molecule has 0 radical (unpaired) electrons. The number of carbonyl (C=O) groups is 1. The SMILES string of the molecule is CC(Nc1nccc(C(N)=S)n1)C(=O)NC1CC1. The number of thiocarbonyl (C=S) groups is 1. The van der Waals surface area contributed by atoms with Crippen molar-refractivity contribution in [1.29, 1.82) is 0 Å². The van der Waals surface area contributed by atoms with Crippen molar-refractivity contribution in [3.05, 3.63) is 18.0 Å². The number of hydrogen-bond donors (Lipinski definition) is 3. The number of nitrogens with one attached hydrogen (secondary N) is 2. The van der Waals surface area contributed by atoms with Crippen molar-refractivity contribution in [3.63, 3.8) is 0 Å². The molecule has 1 unspecified atom stereocenters. The van der Waals surface area contributed by atoms with Crippen molar-refractivity contribution in [1.82, 2.24) is 15.3 Å². The third-order valence-electron chi connectivity index (χ3n) is 2.57. The number of nitrogens with zero attached hydrogens (tertiary/aromatic N) is 2. The number of hydrogen-bond acceptors (Lipinski definition) is 5. The van der Waals surface area contributed by atoms with Crippen molar-refractivity contribution in [2.24, 2.45) is 5.73 Å². The maximum Gasteiger partial charge on any atom is 0.242 e. The van der Waals surface area contributed by atoms with Gasteiger partial charge < -0.3 is 16.4 Å². The van der Waals surface area contributed by atoms with Crippen LogP contribution in [0.25, 0.3) is 0 Å². The Kier molecular flexibility index (Phi) is 3.71. The summed E-state index contributed by atoms with van der Waals surface area (Å²) in [7, 11) is 0. The van der Waals surface area contributed by atoms with E-state index in [0.29, 0.717) is 17.7 Å². The highest BCUT2D eigenvalue weighted by Crippen LogP contribution is 2.18. The topological polar surface area (TPSA) is 92.9 Å². The van der Waals surface area contributed by atoms with E-state index in [1.54, 1.807) is 19.2 Å². The van der Waals surface area contributed by atoms with Gasteiger partial charge in [0.25, 0.3) is 0 Å². The first-order chi connectivity index (χ1) is 8.56. The van der Waals surface area contributed by atoms with Crippen LogP contribution in [0.2, 0.25) is 0 Å². The van der Waals surface area contributed by atoms with Gasteiger partial charge in [-0.1, -0.05) is 12.2 Å². The van der Waals surface area contributed by atoms with Crippen LogP contribution >= 0.6 is 12.2 Å². The number of amides is 1. The van der Waals surface area contributed by atoms with Crippen LogP contribution in [0.4, 0.5) is 5.95 Å². The quantitative estimate of drug-likeness (QED) is 0.658. The highest BCUT2D eigenvalue weighted by molar-refractivity contribution is 7.80. The van der Waals surface area contributed by atoms with Crippen molar-refractivity contribution >= 4 is 29.1 Å². The van der Waals surface area contributed by atoms with Crippen molar-refractivity contribution in [2.75, 3.05) is 5.32 Å². The molecular weight excluding hydrogens is 250 g/mol. The van der Waals surface area contributed by atoms with Crippen molar-refractivity contribution in [2.45, 2.75) is 31.8 Å². The molecule has 1 aromatic rings. The lowest BCUT2D eigenvalue weighted by atomic mass is 10.3. The smallest absolute Gasteiger partial charge is 0.242 e. The summed E-state index contributed by atoms with van der Waals surface area (Å²) in [6, 6.07) is 1.57. The lowest BCUT2D eigenvalue weighted by Gasteiger charge is -2.13. The van der Waals surface area contributed by atoms with Crippen LogP contribution in [0, 0.1) is 0 Å². The van der Waals surface area contributed by atoms with Gasteiger partial charge in [-0.05, 0) is 25.8 Å². The Morgan fingerprint density at radius 2 is 2.33 bits per heavy atom. The van der Waals surface area contributed by atoms with Gasteiger partial charge in [-0.3, -0.25) is 4.79 Å². The van der Waals surface area contributed by atoms with Crippen LogP contribution in [0.15, 0.2) is 12.3 Å². The third kappa shape index (κ3) is 3.36. The van der Waals surface area contributed by atoms with Gasteiger partial charge in [-0.15, -0.1) is 0 Å². The Morgan fingerprint density at radius 3 is 2.94 bits per heavy atom. The molecule has 18 heavy (non-hydrogen) atoms. The number of rotatable bonds is 5. The summed E-state index contributed by atoms with van der Waals surface area (Å²) in [5, 5.41) is 5.82. The predicted molar refractivity (Wildman–Crippen MR) is 72.2 cm³/mol. The Bertz CT molecular complexity index is 474. The minimum atomic E-state index is -0.396. The fourth-order valence-corrected chi connectivity index (χ4v) is 1.49. The summed E-state index contributed by atoms with van der Waals surface area (Å²) in [6.07, 6.45) is 3.67. The maximum atomic E-state index is 11.7. The summed E-state index contributed by atoms with van der Waals surface area (Å²) in [5.74, 6) is 0.292. The number of anilines is 1. The van der Waals surface area contributed by atoms with Gasteiger partial charge in [0.2, 0.25) is 11.9 Å². The zero-order valence-corrected chi connectivity index (χ0v) is 10.8. The zero-order valence-electron chi connectivity index (χ0n) is 10.0. The first-order valence-electron chi connectivity index (χ1n) is 5.76. The number of carbonyl (C=O) groups excluding carboxylic acids is 1. The summed E-state index contributed by atoms with van der Waals surface area (Å²) < 4.78 is 0. The molecule has 0 aliphatic heterocycles. The molecule has 2 rings (SSSR count). The lowest BCUT2D eigenvalue weighted by Crippen LogP contribution is -2.39. The van der Waals surface area contributed by atoms with E-state index in [-0.39, 0.29) is 10.9 Å². The van der Waals surface area contributed by atoms with Gasteiger partial charge in [-0.25, -0.2) is 9.97 Å². The Labute approximate surface area is 110 Å². The van der Waals surface area contributed by atoms with Gasteiger partial charge in [-0.2, -0.15) is 0 Å². The van der Waals surface area contributed by atoms with Crippen LogP contribution in [0.3, 0.4) is 0 Å². The van der Waals surface area contributed by atoms with E-state index < -0.39 is 6.04 Å². The molecule has 1 heterocycles. The molecule has 4 N–H and O–H groups in total. The van der Waals surface area contributed by atoms with Crippen LogP contribution in [0.1, 0.15) is 25.5 Å². The Balaban J connectivity index is 1.96. The van der Waals surface area contributed by atoms with Gasteiger partial charge in [0.1, 0.15) is 16.7 Å². The molecule has 1 aromatic heterocycles. The molecule has 1 amide bonds. The van der Waals surface area contributed by atoms with Crippen molar-refractivity contribution in [3.8, 4) is 0 Å². The van der Waals surface area contributed by atoms with E-state index in [4.69, 9.17) is 18.0 Å². The van der Waals surface area contributed by atoms with E-state index in [1.807, 2.05) is 0 Å². The molecule has 0 saturated heterocycles. The third-order valence-corrected chi connectivity index (χ3v) is 2.78. The molecule has 7 heteroatoms. The molecule has 0 spiro atoms. The molecule has 1 aliphatic carbocycles. The highest BCUT2D eigenvalue weighted by Gasteiger charge is 2.25. The zero-order chi connectivity index (χ0) is 13.1. The minimum absolute atomic E-state index is 0.0539. The fraction of sp³-hybridized carbons (Fsp3) is 0.455. The molecule has 0 aromatic carbocycles. The van der Waals surface area contributed by atoms with E-state index >= 15 is 0 Å². The monoisotopic (exact) mass is 265 g/mol. The van der Waals surface area contributed by atoms with Crippen LogP contribution < -0.4 is 16.4 Å². The molecule has 1 fully saturated rings. The molecule has 0 bridgehead atoms. The normalized spacial score (nSPS) is 15.8. The van der Waals surface area contributed by atoms with E-state index in [1.165, 1.54) is 0 Å². The Morgan fingerprint density at radius 1 is 1.61 bits per heavy atom. The number of aromatic nitrogens is 2. The average molecular weight is 265 g/mol. The molecule has 1 saturated carbocycles. The van der Waals surface area contributed by atoms with Gasteiger partial charge in [0.05, 0.1) is 0 Å². The molecular formula is C11H15N5OS. The van der Waals surface area contributed by atoms with Crippen LogP contribution in [-0.2, 0) is 4.79 Å². The molecule has 6 nitrogen and oxygen atoms in total. The number of nitrogens with two attached hydrogens (primary N) is 1.